The molecule has 1 atom stereocenters. The molecule has 1 aliphatic carbocycles. The SMILES string of the molecule is COC(=O)CC1CCc2c(n(Cc3ccccc3)c3ccccc23)C1. The summed E-state index contributed by atoms with van der Waals surface area (Å²) < 4.78 is 7.33. The van der Waals surface area contributed by atoms with E-state index in [0.717, 1.165) is 25.8 Å². The highest BCUT2D eigenvalue weighted by Crippen LogP contribution is 2.35. The van der Waals surface area contributed by atoms with Gasteiger partial charge in [-0.2, -0.15) is 0 Å². The standard InChI is InChI=1S/C22H23NO2/c1-25-22(24)14-17-11-12-19-18-9-5-6-10-20(18)23(21(19)13-17)15-16-7-3-2-4-8-16/h2-10,17H,11-15H2,1H3. The van der Waals surface area contributed by atoms with Crippen molar-refractivity contribution in [3.8, 4) is 0 Å². The van der Waals surface area contributed by atoms with Crippen molar-refractivity contribution in [1.82, 2.24) is 4.57 Å². The minimum absolute atomic E-state index is 0.0980. The fourth-order valence-corrected chi connectivity index (χ4v) is 4.10. The molecule has 25 heavy (non-hydrogen) atoms. The minimum atomic E-state index is -0.0980. The molecule has 1 aliphatic rings. The van der Waals surface area contributed by atoms with Crippen LogP contribution in [0.4, 0.5) is 0 Å². The highest BCUT2D eigenvalue weighted by atomic mass is 16.5. The molecule has 128 valence electrons. The molecule has 0 aliphatic heterocycles. The number of esters is 1. The van der Waals surface area contributed by atoms with Crippen molar-refractivity contribution in [2.24, 2.45) is 5.92 Å². The van der Waals surface area contributed by atoms with Gasteiger partial charge in [-0.05, 0) is 42.4 Å². The van der Waals surface area contributed by atoms with Crippen molar-refractivity contribution >= 4 is 16.9 Å². The van der Waals surface area contributed by atoms with E-state index in [-0.39, 0.29) is 5.97 Å². The molecule has 0 bridgehead atoms. The van der Waals surface area contributed by atoms with E-state index in [4.69, 9.17) is 4.74 Å². The van der Waals surface area contributed by atoms with Crippen molar-refractivity contribution in [2.75, 3.05) is 7.11 Å². The summed E-state index contributed by atoms with van der Waals surface area (Å²) in [5, 5.41) is 1.37. The van der Waals surface area contributed by atoms with Crippen LogP contribution in [0, 0.1) is 5.92 Å². The highest BCUT2D eigenvalue weighted by Gasteiger charge is 2.26. The van der Waals surface area contributed by atoms with Gasteiger partial charge in [-0.25, -0.2) is 0 Å². The molecule has 0 fully saturated rings. The highest BCUT2D eigenvalue weighted by molar-refractivity contribution is 5.86. The zero-order valence-corrected chi connectivity index (χ0v) is 14.6. The van der Waals surface area contributed by atoms with Gasteiger partial charge in [-0.15, -0.1) is 0 Å². The topological polar surface area (TPSA) is 31.2 Å². The third-order valence-corrected chi connectivity index (χ3v) is 5.35. The molecule has 3 heteroatoms. The summed E-state index contributed by atoms with van der Waals surface area (Å²) in [6, 6.07) is 19.3. The van der Waals surface area contributed by atoms with Gasteiger partial charge in [0, 0.05) is 29.6 Å². The monoisotopic (exact) mass is 333 g/mol. The van der Waals surface area contributed by atoms with Gasteiger partial charge in [0.05, 0.1) is 7.11 Å². The number of aryl methyl sites for hydroxylation is 1. The Morgan fingerprint density at radius 3 is 2.68 bits per heavy atom. The first-order valence-electron chi connectivity index (χ1n) is 8.96. The fourth-order valence-electron chi connectivity index (χ4n) is 4.10. The first kappa shape index (κ1) is 15.9. The van der Waals surface area contributed by atoms with E-state index in [1.807, 2.05) is 0 Å². The molecule has 0 radical (unpaired) electrons. The zero-order chi connectivity index (χ0) is 17.2. The second-order valence-corrected chi connectivity index (χ2v) is 6.90. The predicted molar refractivity (Wildman–Crippen MR) is 99.6 cm³/mol. The number of hydrogen-bond donors (Lipinski definition) is 0. The number of nitrogens with zero attached hydrogens (tertiary/aromatic N) is 1. The second kappa shape index (κ2) is 6.75. The molecule has 4 rings (SSSR count). The minimum Gasteiger partial charge on any atom is -0.469 e. The average Bonchev–Trinajstić information content (AvgIpc) is 2.96. The Morgan fingerprint density at radius 2 is 1.88 bits per heavy atom. The van der Waals surface area contributed by atoms with Crippen LogP contribution in [0.5, 0.6) is 0 Å². The molecule has 3 aromatic rings. The van der Waals surface area contributed by atoms with Crippen molar-refractivity contribution in [3.63, 3.8) is 0 Å². The lowest BCUT2D eigenvalue weighted by atomic mass is 9.85. The molecule has 0 saturated carbocycles. The van der Waals surface area contributed by atoms with Gasteiger partial charge in [0.1, 0.15) is 0 Å². The summed E-state index contributed by atoms with van der Waals surface area (Å²) in [6.07, 6.45) is 3.56. The first-order valence-corrected chi connectivity index (χ1v) is 8.96. The van der Waals surface area contributed by atoms with Crippen LogP contribution in [0.25, 0.3) is 10.9 Å². The van der Waals surface area contributed by atoms with Gasteiger partial charge in [0.2, 0.25) is 0 Å². The second-order valence-electron chi connectivity index (χ2n) is 6.90. The molecule has 0 saturated heterocycles. The van der Waals surface area contributed by atoms with Crippen molar-refractivity contribution in [3.05, 3.63) is 71.4 Å². The maximum absolute atomic E-state index is 11.7. The van der Waals surface area contributed by atoms with E-state index >= 15 is 0 Å². The molecule has 0 spiro atoms. The summed E-state index contributed by atoms with van der Waals surface area (Å²) in [4.78, 5) is 11.7. The van der Waals surface area contributed by atoms with E-state index in [9.17, 15) is 4.79 Å². The first-order chi connectivity index (χ1) is 12.3. The van der Waals surface area contributed by atoms with Crippen LogP contribution in [0.1, 0.15) is 29.7 Å². The summed E-state index contributed by atoms with van der Waals surface area (Å²) in [7, 11) is 1.48. The molecular weight excluding hydrogens is 310 g/mol. The molecule has 2 aromatic carbocycles. The van der Waals surface area contributed by atoms with Gasteiger partial charge in [0.25, 0.3) is 0 Å². The number of rotatable bonds is 4. The zero-order valence-electron chi connectivity index (χ0n) is 14.6. The van der Waals surface area contributed by atoms with Crippen molar-refractivity contribution in [2.45, 2.75) is 32.2 Å². The van der Waals surface area contributed by atoms with Gasteiger partial charge >= 0.3 is 5.97 Å². The molecule has 0 amide bonds. The van der Waals surface area contributed by atoms with Crippen LogP contribution < -0.4 is 0 Å². The molecule has 1 heterocycles. The molecule has 0 N–H and O–H groups in total. The Hall–Kier alpha value is -2.55. The third-order valence-electron chi connectivity index (χ3n) is 5.35. The number of hydrogen-bond acceptors (Lipinski definition) is 2. The number of fused-ring (bicyclic) bond motifs is 3. The predicted octanol–water partition coefficient (Wildman–Crippen LogP) is 4.36. The van der Waals surface area contributed by atoms with Gasteiger partial charge < -0.3 is 9.30 Å². The lowest BCUT2D eigenvalue weighted by Gasteiger charge is -2.23. The maximum atomic E-state index is 11.7. The summed E-state index contributed by atoms with van der Waals surface area (Å²) in [5.74, 6) is 0.276. The van der Waals surface area contributed by atoms with E-state index in [1.165, 1.54) is 34.8 Å². The number of ether oxygens (including phenoxy) is 1. The number of aromatic nitrogens is 1. The Bertz CT molecular complexity index is 895. The van der Waals surface area contributed by atoms with E-state index < -0.39 is 0 Å². The number of methoxy groups -OCH3 is 1. The van der Waals surface area contributed by atoms with Crippen LogP contribution in [0.3, 0.4) is 0 Å². The number of benzene rings is 2. The van der Waals surface area contributed by atoms with Crippen LogP contribution in [0.2, 0.25) is 0 Å². The van der Waals surface area contributed by atoms with Crippen LogP contribution in [-0.2, 0) is 28.9 Å². The number of carbonyl (C=O) groups is 1. The summed E-state index contributed by atoms with van der Waals surface area (Å²) in [6.45, 7) is 0.877. The van der Waals surface area contributed by atoms with Gasteiger partial charge in [0.15, 0.2) is 0 Å². The smallest absolute Gasteiger partial charge is 0.305 e. The third kappa shape index (κ3) is 3.07. The van der Waals surface area contributed by atoms with Crippen LogP contribution >= 0.6 is 0 Å². The average molecular weight is 333 g/mol. The Morgan fingerprint density at radius 1 is 1.12 bits per heavy atom. The van der Waals surface area contributed by atoms with Crippen LogP contribution in [-0.4, -0.2) is 17.6 Å². The lowest BCUT2D eigenvalue weighted by Crippen LogP contribution is -2.20. The van der Waals surface area contributed by atoms with Crippen molar-refractivity contribution in [1.29, 1.82) is 0 Å². The van der Waals surface area contributed by atoms with E-state index in [2.05, 4.69) is 59.2 Å². The molecular formula is C22H23NO2. The Labute approximate surface area is 148 Å². The van der Waals surface area contributed by atoms with E-state index in [0.29, 0.717) is 12.3 Å². The van der Waals surface area contributed by atoms with Crippen LogP contribution in [0.15, 0.2) is 54.6 Å². The normalized spacial score (nSPS) is 16.6. The molecule has 3 nitrogen and oxygen atoms in total. The lowest BCUT2D eigenvalue weighted by molar-refractivity contribution is -0.141. The Kier molecular flexibility index (Phi) is 4.31. The number of para-hydroxylation sites is 1. The van der Waals surface area contributed by atoms with Gasteiger partial charge in [-0.1, -0.05) is 48.5 Å². The van der Waals surface area contributed by atoms with E-state index in [1.54, 1.807) is 0 Å². The quantitative estimate of drug-likeness (QED) is 0.664. The fraction of sp³-hybridized carbons (Fsp3) is 0.318. The largest absolute Gasteiger partial charge is 0.469 e. The summed E-state index contributed by atoms with van der Waals surface area (Å²) in [5.41, 5.74) is 5.47. The van der Waals surface area contributed by atoms with Crippen molar-refractivity contribution < 1.29 is 9.53 Å². The molecule has 1 aromatic heterocycles. The maximum Gasteiger partial charge on any atom is 0.305 e. The van der Waals surface area contributed by atoms with Gasteiger partial charge in [-0.3, -0.25) is 4.79 Å². The summed E-state index contributed by atoms with van der Waals surface area (Å²) >= 11 is 0. The Balaban J connectivity index is 1.74. The number of carbonyl (C=O) groups excluding carboxylic acids is 1. The molecule has 1 unspecified atom stereocenters.